The highest BCUT2D eigenvalue weighted by atomic mass is 16.5. The number of rotatable bonds is 8. The summed E-state index contributed by atoms with van der Waals surface area (Å²) in [5.74, 6) is 0.601. The van der Waals surface area contributed by atoms with Crippen LogP contribution in [0.3, 0.4) is 0 Å². The molecule has 2 atom stereocenters. The molecule has 34 heavy (non-hydrogen) atoms. The van der Waals surface area contributed by atoms with E-state index >= 15 is 0 Å². The molecule has 2 aliphatic rings. The third-order valence-corrected chi connectivity index (χ3v) is 6.93. The van der Waals surface area contributed by atoms with Crippen molar-refractivity contribution in [3.63, 3.8) is 0 Å². The van der Waals surface area contributed by atoms with E-state index in [2.05, 4.69) is 4.90 Å². The summed E-state index contributed by atoms with van der Waals surface area (Å²) in [7, 11) is 1.64. The van der Waals surface area contributed by atoms with Crippen molar-refractivity contribution in [2.45, 2.75) is 52.0 Å². The van der Waals surface area contributed by atoms with E-state index in [0.29, 0.717) is 52.2 Å². The molecule has 0 N–H and O–H groups in total. The lowest BCUT2D eigenvalue weighted by Gasteiger charge is -2.36. The molecule has 0 aromatic heterocycles. The number of amides is 2. The highest BCUT2D eigenvalue weighted by Gasteiger charge is 2.33. The zero-order valence-electron chi connectivity index (χ0n) is 20.8. The molecule has 2 saturated heterocycles. The van der Waals surface area contributed by atoms with E-state index in [1.807, 2.05) is 41.0 Å². The third-order valence-electron chi connectivity index (χ3n) is 6.93. The number of aryl methyl sites for hydroxylation is 1. The van der Waals surface area contributed by atoms with Gasteiger partial charge >= 0.3 is 5.97 Å². The van der Waals surface area contributed by atoms with Gasteiger partial charge in [0.2, 0.25) is 11.8 Å². The molecule has 2 heterocycles. The lowest BCUT2D eigenvalue weighted by atomic mass is 9.97. The molecule has 0 aliphatic carbocycles. The van der Waals surface area contributed by atoms with Gasteiger partial charge in [0.1, 0.15) is 5.75 Å². The van der Waals surface area contributed by atoms with Crippen LogP contribution in [0.1, 0.15) is 45.1 Å². The Kier molecular flexibility index (Phi) is 9.74. The fourth-order valence-electron chi connectivity index (χ4n) is 4.83. The number of carbonyl (C=O) groups excluding carboxylic acids is 3. The van der Waals surface area contributed by atoms with Crippen LogP contribution in [0.15, 0.2) is 24.3 Å². The number of benzene rings is 1. The number of hydrogen-bond acceptors (Lipinski definition) is 6. The summed E-state index contributed by atoms with van der Waals surface area (Å²) >= 11 is 0. The molecule has 188 valence electrons. The molecule has 2 aliphatic heterocycles. The molecule has 1 aromatic rings. The average Bonchev–Trinajstić information content (AvgIpc) is 3.13. The van der Waals surface area contributed by atoms with Gasteiger partial charge in [-0.2, -0.15) is 0 Å². The van der Waals surface area contributed by atoms with Crippen molar-refractivity contribution in [3.8, 4) is 5.75 Å². The molecule has 8 heteroatoms. The Hall–Kier alpha value is -2.61. The first-order valence-corrected chi connectivity index (χ1v) is 12.5. The minimum atomic E-state index is -0.268. The van der Waals surface area contributed by atoms with Crippen LogP contribution in [0.5, 0.6) is 5.75 Å². The summed E-state index contributed by atoms with van der Waals surface area (Å²) in [6.45, 7) is 8.03. The van der Waals surface area contributed by atoms with Crippen molar-refractivity contribution in [1.29, 1.82) is 0 Å². The predicted molar refractivity (Wildman–Crippen MR) is 129 cm³/mol. The van der Waals surface area contributed by atoms with Crippen LogP contribution >= 0.6 is 0 Å². The van der Waals surface area contributed by atoms with E-state index in [1.165, 1.54) is 0 Å². The first-order chi connectivity index (χ1) is 16.4. The molecule has 0 bridgehead atoms. The van der Waals surface area contributed by atoms with E-state index in [9.17, 15) is 14.4 Å². The van der Waals surface area contributed by atoms with Crippen molar-refractivity contribution >= 4 is 17.8 Å². The summed E-state index contributed by atoms with van der Waals surface area (Å²) in [5.41, 5.74) is 1.12. The van der Waals surface area contributed by atoms with Gasteiger partial charge in [0.15, 0.2) is 0 Å². The Morgan fingerprint density at radius 2 is 1.74 bits per heavy atom. The lowest BCUT2D eigenvalue weighted by molar-refractivity contribution is -0.152. The summed E-state index contributed by atoms with van der Waals surface area (Å²) in [4.78, 5) is 44.1. The Labute approximate surface area is 203 Å². The molecule has 3 rings (SSSR count). The van der Waals surface area contributed by atoms with E-state index < -0.39 is 0 Å². The highest BCUT2D eigenvalue weighted by molar-refractivity contribution is 5.83. The first kappa shape index (κ1) is 26.0. The molecule has 8 nitrogen and oxygen atoms in total. The van der Waals surface area contributed by atoms with E-state index in [0.717, 1.165) is 37.1 Å². The van der Waals surface area contributed by atoms with Crippen molar-refractivity contribution < 1.29 is 23.9 Å². The molecule has 0 saturated carbocycles. The van der Waals surface area contributed by atoms with E-state index in [-0.39, 0.29) is 29.7 Å². The van der Waals surface area contributed by atoms with Crippen LogP contribution in [0.4, 0.5) is 0 Å². The van der Waals surface area contributed by atoms with Crippen LogP contribution in [0.2, 0.25) is 0 Å². The zero-order valence-corrected chi connectivity index (χ0v) is 20.8. The third kappa shape index (κ3) is 6.95. The zero-order chi connectivity index (χ0) is 24.5. The monoisotopic (exact) mass is 473 g/mol. The molecule has 2 amide bonds. The average molecular weight is 474 g/mol. The first-order valence-electron chi connectivity index (χ1n) is 12.5. The number of piperidine rings is 1. The van der Waals surface area contributed by atoms with E-state index in [1.54, 1.807) is 14.0 Å². The molecule has 2 unspecified atom stereocenters. The number of nitrogens with zero attached hydrogens (tertiary/aromatic N) is 3. The van der Waals surface area contributed by atoms with Gasteiger partial charge in [-0.1, -0.05) is 12.1 Å². The normalized spacial score (nSPS) is 20.4. The Bertz CT molecular complexity index is 828. The molecule has 0 spiro atoms. The van der Waals surface area contributed by atoms with Gasteiger partial charge in [0.25, 0.3) is 0 Å². The van der Waals surface area contributed by atoms with Gasteiger partial charge in [0, 0.05) is 45.7 Å². The van der Waals surface area contributed by atoms with Crippen LogP contribution in [-0.2, 0) is 25.5 Å². The van der Waals surface area contributed by atoms with E-state index in [4.69, 9.17) is 9.47 Å². The van der Waals surface area contributed by atoms with Crippen LogP contribution in [0.25, 0.3) is 0 Å². The predicted octanol–water partition coefficient (Wildman–Crippen LogP) is 2.35. The summed E-state index contributed by atoms with van der Waals surface area (Å²) in [6.07, 6.45) is 3.61. The van der Waals surface area contributed by atoms with Gasteiger partial charge < -0.3 is 19.3 Å². The Balaban J connectivity index is 1.48. The van der Waals surface area contributed by atoms with Gasteiger partial charge in [-0.25, -0.2) is 0 Å². The van der Waals surface area contributed by atoms with Gasteiger partial charge in [-0.05, 0) is 57.2 Å². The fraction of sp³-hybridized carbons (Fsp3) is 0.654. The minimum Gasteiger partial charge on any atom is -0.497 e. The number of methoxy groups -OCH3 is 1. The second kappa shape index (κ2) is 12.7. The Morgan fingerprint density at radius 3 is 2.44 bits per heavy atom. The Morgan fingerprint density at radius 1 is 1.00 bits per heavy atom. The minimum absolute atomic E-state index is 0.0632. The van der Waals surface area contributed by atoms with Crippen molar-refractivity contribution in [2.75, 3.05) is 53.0 Å². The van der Waals surface area contributed by atoms with Crippen LogP contribution in [0, 0.1) is 5.92 Å². The number of hydrogen-bond donors (Lipinski definition) is 0. The highest BCUT2D eigenvalue weighted by Crippen LogP contribution is 2.20. The topological polar surface area (TPSA) is 79.4 Å². The maximum Gasteiger partial charge on any atom is 0.310 e. The molecule has 0 radical (unpaired) electrons. The van der Waals surface area contributed by atoms with Gasteiger partial charge in [-0.15, -0.1) is 0 Å². The molecule has 2 fully saturated rings. The summed E-state index contributed by atoms with van der Waals surface area (Å²) in [5, 5.41) is 0. The summed E-state index contributed by atoms with van der Waals surface area (Å²) in [6, 6.07) is 7.56. The summed E-state index contributed by atoms with van der Waals surface area (Å²) < 4.78 is 10.4. The van der Waals surface area contributed by atoms with Crippen LogP contribution < -0.4 is 4.74 Å². The maximum absolute atomic E-state index is 13.2. The second-order valence-corrected chi connectivity index (χ2v) is 9.17. The largest absolute Gasteiger partial charge is 0.497 e. The molecular weight excluding hydrogens is 434 g/mol. The molecule has 1 aromatic carbocycles. The van der Waals surface area contributed by atoms with Crippen molar-refractivity contribution in [2.24, 2.45) is 5.92 Å². The van der Waals surface area contributed by atoms with Gasteiger partial charge in [-0.3, -0.25) is 19.3 Å². The smallest absolute Gasteiger partial charge is 0.310 e. The standard InChI is InChI=1S/C26H39N3O5/c1-4-34-26(32)22-7-5-14-29(19-22)25(31)20(2)27-15-6-16-28(18-17-27)24(30)13-10-21-8-11-23(33-3)12-9-21/h8-9,11-12,20,22H,4-7,10,13-19H2,1-3H3. The number of esters is 1. The lowest BCUT2D eigenvalue weighted by Crippen LogP contribution is -2.51. The van der Waals surface area contributed by atoms with Crippen molar-refractivity contribution in [3.05, 3.63) is 29.8 Å². The maximum atomic E-state index is 13.2. The number of likely N-dealkylation sites (tertiary alicyclic amines) is 1. The quantitative estimate of drug-likeness (QED) is 0.540. The second-order valence-electron chi connectivity index (χ2n) is 9.17. The van der Waals surface area contributed by atoms with Gasteiger partial charge in [0.05, 0.1) is 25.7 Å². The fourth-order valence-corrected chi connectivity index (χ4v) is 4.83. The number of ether oxygens (including phenoxy) is 2. The SMILES string of the molecule is CCOC(=O)C1CCCN(C(=O)C(C)N2CCCN(C(=O)CCc3ccc(OC)cc3)CC2)C1. The number of carbonyl (C=O) groups is 3. The molecular formula is C26H39N3O5. The van der Waals surface area contributed by atoms with Crippen molar-refractivity contribution in [1.82, 2.24) is 14.7 Å². The van der Waals surface area contributed by atoms with Crippen LogP contribution in [-0.4, -0.2) is 91.5 Å².